The van der Waals surface area contributed by atoms with Crippen LogP contribution in [0.2, 0.25) is 0 Å². The van der Waals surface area contributed by atoms with Crippen molar-refractivity contribution in [2.24, 2.45) is 5.92 Å². The number of hydrogen-bond acceptors (Lipinski definition) is 6. The summed E-state index contributed by atoms with van der Waals surface area (Å²) in [5.41, 5.74) is 1.14. The minimum absolute atomic E-state index is 0.112. The van der Waals surface area contributed by atoms with Gasteiger partial charge in [-0.15, -0.1) is 0 Å². The van der Waals surface area contributed by atoms with Crippen LogP contribution in [0.3, 0.4) is 0 Å². The summed E-state index contributed by atoms with van der Waals surface area (Å²) in [4.78, 5) is 24.5. The Bertz CT molecular complexity index is 1090. The number of aliphatic hydroxyl groups excluding tert-OH is 1. The molecule has 3 aromatic rings. The van der Waals surface area contributed by atoms with Gasteiger partial charge in [0, 0.05) is 5.39 Å². The van der Waals surface area contributed by atoms with Gasteiger partial charge in [0.25, 0.3) is 5.91 Å². The summed E-state index contributed by atoms with van der Waals surface area (Å²) >= 11 is 0. The van der Waals surface area contributed by atoms with Crippen LogP contribution in [0, 0.1) is 5.92 Å². The molecule has 31 heavy (non-hydrogen) atoms. The van der Waals surface area contributed by atoms with Crippen LogP contribution in [-0.2, 0) is 4.79 Å². The molecule has 1 heterocycles. The van der Waals surface area contributed by atoms with Crippen LogP contribution in [-0.4, -0.2) is 37.4 Å². The molecule has 0 saturated heterocycles. The fraction of sp³-hybridized carbons (Fsp3) is 0.333. The quantitative estimate of drug-likeness (QED) is 0.510. The Balaban J connectivity index is 1.68. The highest BCUT2D eigenvalue weighted by molar-refractivity contribution is 5.83. The zero-order valence-corrected chi connectivity index (χ0v) is 17.9. The van der Waals surface area contributed by atoms with Crippen LogP contribution < -0.4 is 20.4 Å². The van der Waals surface area contributed by atoms with Crippen LogP contribution in [0.15, 0.2) is 57.7 Å². The molecule has 0 aliphatic rings. The molecule has 7 heteroatoms. The van der Waals surface area contributed by atoms with Crippen molar-refractivity contribution in [1.29, 1.82) is 0 Å². The van der Waals surface area contributed by atoms with Crippen LogP contribution in [0.25, 0.3) is 22.1 Å². The lowest BCUT2D eigenvalue weighted by molar-refractivity contribution is -0.124. The van der Waals surface area contributed by atoms with Gasteiger partial charge in [0.15, 0.2) is 6.61 Å². The van der Waals surface area contributed by atoms with E-state index in [0.717, 1.165) is 5.39 Å². The molecule has 0 bridgehead atoms. The first-order chi connectivity index (χ1) is 14.9. The van der Waals surface area contributed by atoms with E-state index >= 15 is 0 Å². The predicted molar refractivity (Wildman–Crippen MR) is 118 cm³/mol. The number of benzene rings is 2. The van der Waals surface area contributed by atoms with Crippen molar-refractivity contribution < 1.29 is 23.8 Å². The summed E-state index contributed by atoms with van der Waals surface area (Å²) in [6.45, 7) is 3.78. The number of carbonyl (C=O) groups excluding carboxylic acids is 1. The lowest BCUT2D eigenvalue weighted by Crippen LogP contribution is -2.40. The average molecular weight is 425 g/mol. The highest BCUT2D eigenvalue weighted by Gasteiger charge is 2.14. The molecule has 0 spiro atoms. The number of fused-ring (bicyclic) bond motifs is 1. The standard InChI is InChI=1S/C24H27NO6/c1-15(2)10-18(13-26)25-23(27)14-30-19-6-4-16(5-7-19)21-12-17-11-20(29-3)8-9-22(17)31-24(21)28/h4-9,11-12,15,18,26H,10,13-14H2,1-3H3,(H,25,27). The molecule has 1 atom stereocenters. The second-order valence-electron chi connectivity index (χ2n) is 7.74. The van der Waals surface area contributed by atoms with Crippen LogP contribution in [0.5, 0.6) is 11.5 Å². The normalized spacial score (nSPS) is 12.0. The summed E-state index contributed by atoms with van der Waals surface area (Å²) in [6, 6.07) is 13.6. The summed E-state index contributed by atoms with van der Waals surface area (Å²) in [7, 11) is 1.58. The van der Waals surface area contributed by atoms with E-state index in [0.29, 0.717) is 40.5 Å². The zero-order chi connectivity index (χ0) is 22.4. The Labute approximate surface area is 180 Å². The van der Waals surface area contributed by atoms with E-state index in [2.05, 4.69) is 5.32 Å². The fourth-order valence-corrected chi connectivity index (χ4v) is 3.33. The maximum Gasteiger partial charge on any atom is 0.344 e. The maximum absolute atomic E-state index is 12.4. The molecule has 0 aliphatic carbocycles. The van der Waals surface area contributed by atoms with Gasteiger partial charge < -0.3 is 24.3 Å². The van der Waals surface area contributed by atoms with Gasteiger partial charge in [-0.05, 0) is 54.3 Å². The summed E-state index contributed by atoms with van der Waals surface area (Å²) in [5.74, 6) is 1.23. The molecule has 0 fully saturated rings. The van der Waals surface area contributed by atoms with Crippen molar-refractivity contribution in [3.05, 3.63) is 59.0 Å². The first kappa shape index (κ1) is 22.4. The minimum Gasteiger partial charge on any atom is -0.497 e. The molecular formula is C24H27NO6. The van der Waals surface area contributed by atoms with Gasteiger partial charge in [0.05, 0.1) is 25.3 Å². The summed E-state index contributed by atoms with van der Waals surface area (Å²) < 4.78 is 16.2. The van der Waals surface area contributed by atoms with Crippen LogP contribution in [0.4, 0.5) is 0 Å². The topological polar surface area (TPSA) is 98.0 Å². The molecule has 3 rings (SSSR count). The SMILES string of the molecule is COc1ccc2oc(=O)c(-c3ccc(OCC(=O)NC(CO)CC(C)C)cc3)cc2c1. The molecule has 1 unspecified atom stereocenters. The Morgan fingerprint density at radius 1 is 1.10 bits per heavy atom. The Hall–Kier alpha value is -3.32. The Kier molecular flexibility index (Phi) is 7.31. The Morgan fingerprint density at radius 3 is 2.45 bits per heavy atom. The highest BCUT2D eigenvalue weighted by Crippen LogP contribution is 2.25. The number of nitrogens with one attached hydrogen (secondary N) is 1. The second-order valence-corrected chi connectivity index (χ2v) is 7.74. The van der Waals surface area contributed by atoms with Crippen molar-refractivity contribution >= 4 is 16.9 Å². The van der Waals surface area contributed by atoms with Gasteiger partial charge >= 0.3 is 5.63 Å². The van der Waals surface area contributed by atoms with E-state index in [1.807, 2.05) is 13.8 Å². The summed E-state index contributed by atoms with van der Waals surface area (Å²) in [6.07, 6.45) is 0.692. The number of hydrogen-bond donors (Lipinski definition) is 2. The molecule has 164 valence electrons. The molecule has 2 aromatic carbocycles. The predicted octanol–water partition coefficient (Wildman–Crippen LogP) is 3.37. The number of aliphatic hydroxyl groups is 1. The third-order valence-corrected chi connectivity index (χ3v) is 4.82. The van der Waals surface area contributed by atoms with E-state index in [-0.39, 0.29) is 25.2 Å². The second kappa shape index (κ2) is 10.1. The molecule has 2 N–H and O–H groups in total. The fourth-order valence-electron chi connectivity index (χ4n) is 3.33. The van der Waals surface area contributed by atoms with Gasteiger partial charge in [-0.25, -0.2) is 4.79 Å². The van der Waals surface area contributed by atoms with Crippen molar-refractivity contribution in [1.82, 2.24) is 5.32 Å². The molecule has 0 aliphatic heterocycles. The third kappa shape index (κ3) is 5.86. The smallest absolute Gasteiger partial charge is 0.344 e. The molecule has 1 aromatic heterocycles. The van der Waals surface area contributed by atoms with E-state index in [9.17, 15) is 14.7 Å². The van der Waals surface area contributed by atoms with Gasteiger partial charge in [0.2, 0.25) is 0 Å². The third-order valence-electron chi connectivity index (χ3n) is 4.82. The average Bonchev–Trinajstić information content (AvgIpc) is 2.76. The number of methoxy groups -OCH3 is 1. The van der Waals surface area contributed by atoms with Crippen LogP contribution in [0.1, 0.15) is 20.3 Å². The minimum atomic E-state index is -0.439. The largest absolute Gasteiger partial charge is 0.497 e. The Morgan fingerprint density at radius 2 is 1.81 bits per heavy atom. The molecule has 0 saturated carbocycles. The van der Waals surface area contributed by atoms with Crippen molar-refractivity contribution in [2.45, 2.75) is 26.3 Å². The van der Waals surface area contributed by atoms with Gasteiger partial charge in [0.1, 0.15) is 17.1 Å². The molecule has 1 amide bonds. The van der Waals surface area contributed by atoms with Gasteiger partial charge in [-0.3, -0.25) is 4.79 Å². The number of rotatable bonds is 9. The summed E-state index contributed by atoms with van der Waals surface area (Å²) in [5, 5.41) is 12.9. The van der Waals surface area contributed by atoms with Crippen molar-refractivity contribution in [2.75, 3.05) is 20.3 Å². The van der Waals surface area contributed by atoms with E-state index in [1.165, 1.54) is 0 Å². The van der Waals surface area contributed by atoms with E-state index in [4.69, 9.17) is 13.9 Å². The lowest BCUT2D eigenvalue weighted by Gasteiger charge is -2.18. The zero-order valence-electron chi connectivity index (χ0n) is 17.9. The highest BCUT2D eigenvalue weighted by atomic mass is 16.5. The van der Waals surface area contributed by atoms with Gasteiger partial charge in [-0.1, -0.05) is 26.0 Å². The van der Waals surface area contributed by atoms with Crippen LogP contribution >= 0.6 is 0 Å². The van der Waals surface area contributed by atoms with E-state index < -0.39 is 5.63 Å². The van der Waals surface area contributed by atoms with E-state index in [1.54, 1.807) is 55.6 Å². The molecule has 0 radical (unpaired) electrons. The lowest BCUT2D eigenvalue weighted by atomic mass is 10.0. The van der Waals surface area contributed by atoms with Gasteiger partial charge in [-0.2, -0.15) is 0 Å². The first-order valence-electron chi connectivity index (χ1n) is 10.1. The van der Waals surface area contributed by atoms with Crippen molar-refractivity contribution in [3.8, 4) is 22.6 Å². The number of carbonyl (C=O) groups is 1. The number of ether oxygens (including phenoxy) is 2. The number of amides is 1. The monoisotopic (exact) mass is 425 g/mol. The molecule has 7 nitrogen and oxygen atoms in total. The molecular weight excluding hydrogens is 398 g/mol. The van der Waals surface area contributed by atoms with Crippen molar-refractivity contribution in [3.63, 3.8) is 0 Å². The first-order valence-corrected chi connectivity index (χ1v) is 10.1. The maximum atomic E-state index is 12.4.